The predicted octanol–water partition coefficient (Wildman–Crippen LogP) is 3.30. The topological polar surface area (TPSA) is 49.9 Å². The van der Waals surface area contributed by atoms with E-state index in [2.05, 4.69) is 18.2 Å². The maximum Gasteiger partial charge on any atom is 0.0403 e. The Kier molecular flexibility index (Phi) is 3.36. The Morgan fingerprint density at radius 1 is 0.941 bits per heavy atom. The summed E-state index contributed by atoms with van der Waals surface area (Å²) in [6.07, 6.45) is 2.79. The van der Waals surface area contributed by atoms with Gasteiger partial charge < -0.3 is 11.1 Å². The Morgan fingerprint density at radius 2 is 1.65 bits per heavy atom. The highest BCUT2D eigenvalue weighted by Gasteiger charge is 2.00. The number of nitrogens with two attached hydrogens (primary N) is 1. The van der Waals surface area contributed by atoms with Gasteiger partial charge >= 0.3 is 0 Å². The Hall–Kier alpha value is -2.35. The van der Waals surface area contributed by atoms with Crippen molar-refractivity contribution in [2.75, 3.05) is 0 Å². The van der Waals surface area contributed by atoms with Crippen molar-refractivity contribution in [3.63, 3.8) is 0 Å². The second-order valence-electron chi connectivity index (χ2n) is 3.74. The van der Waals surface area contributed by atoms with Crippen LogP contribution in [-0.2, 0) is 0 Å². The van der Waals surface area contributed by atoms with Gasteiger partial charge in [0.1, 0.15) is 0 Å². The standard InChI is InChI=1S/C15H14N2/c16-10-9-15(17)14-8-4-7-13(11-14)12-5-2-1-3-6-12/h1-11,16H,17H2/b15-9-,16-10?. The van der Waals surface area contributed by atoms with E-state index < -0.39 is 0 Å². The summed E-state index contributed by atoms with van der Waals surface area (Å²) in [6.45, 7) is 0. The van der Waals surface area contributed by atoms with Gasteiger partial charge in [-0.05, 0) is 28.8 Å². The lowest BCUT2D eigenvalue weighted by atomic mass is 10.0. The van der Waals surface area contributed by atoms with Gasteiger partial charge in [-0.15, -0.1) is 0 Å². The van der Waals surface area contributed by atoms with Gasteiger partial charge in [0.25, 0.3) is 0 Å². The van der Waals surface area contributed by atoms with Crippen molar-refractivity contribution in [2.24, 2.45) is 5.73 Å². The van der Waals surface area contributed by atoms with Crippen LogP contribution >= 0.6 is 0 Å². The molecule has 2 rings (SSSR count). The van der Waals surface area contributed by atoms with Gasteiger partial charge in [-0.2, -0.15) is 0 Å². The van der Waals surface area contributed by atoms with E-state index in [0.717, 1.165) is 16.7 Å². The fourth-order valence-corrected chi connectivity index (χ4v) is 1.69. The van der Waals surface area contributed by atoms with Crippen molar-refractivity contribution in [2.45, 2.75) is 0 Å². The number of hydrogen-bond donors (Lipinski definition) is 2. The van der Waals surface area contributed by atoms with E-state index in [0.29, 0.717) is 5.70 Å². The molecule has 0 aliphatic rings. The SMILES string of the molecule is N=C/C=C(\N)c1cccc(-c2ccccc2)c1. The van der Waals surface area contributed by atoms with Gasteiger partial charge in [0, 0.05) is 11.9 Å². The molecule has 84 valence electrons. The van der Waals surface area contributed by atoms with Crippen LogP contribution < -0.4 is 5.73 Å². The van der Waals surface area contributed by atoms with Crippen LogP contribution in [0.1, 0.15) is 5.56 Å². The maximum atomic E-state index is 7.02. The molecule has 2 heteroatoms. The monoisotopic (exact) mass is 222 g/mol. The van der Waals surface area contributed by atoms with Crippen LogP contribution in [0.5, 0.6) is 0 Å². The summed E-state index contributed by atoms with van der Waals surface area (Å²) in [7, 11) is 0. The molecule has 0 saturated carbocycles. The molecule has 0 atom stereocenters. The molecule has 0 unspecified atom stereocenters. The van der Waals surface area contributed by atoms with Crippen molar-refractivity contribution in [3.8, 4) is 11.1 Å². The molecule has 0 aromatic heterocycles. The Labute approximate surface area is 101 Å². The molecule has 0 radical (unpaired) electrons. The third kappa shape index (κ3) is 2.61. The molecule has 3 N–H and O–H groups in total. The normalized spacial score (nSPS) is 11.2. The van der Waals surface area contributed by atoms with Crippen LogP contribution in [0.4, 0.5) is 0 Å². The van der Waals surface area contributed by atoms with Gasteiger partial charge in [0.2, 0.25) is 0 Å². The van der Waals surface area contributed by atoms with E-state index in [4.69, 9.17) is 11.1 Å². The molecule has 2 aromatic rings. The zero-order valence-corrected chi connectivity index (χ0v) is 9.43. The molecule has 0 aliphatic carbocycles. The van der Waals surface area contributed by atoms with Crippen LogP contribution in [-0.4, -0.2) is 6.21 Å². The zero-order valence-electron chi connectivity index (χ0n) is 9.43. The fraction of sp³-hybridized carbons (Fsp3) is 0. The largest absolute Gasteiger partial charge is 0.398 e. The number of rotatable bonds is 3. The average Bonchev–Trinajstić information content (AvgIpc) is 2.40. The quantitative estimate of drug-likeness (QED) is 0.769. The zero-order chi connectivity index (χ0) is 12.1. The summed E-state index contributed by atoms with van der Waals surface area (Å²) < 4.78 is 0. The predicted molar refractivity (Wildman–Crippen MR) is 72.8 cm³/mol. The van der Waals surface area contributed by atoms with Crippen LogP contribution in [0.25, 0.3) is 16.8 Å². The Morgan fingerprint density at radius 3 is 2.35 bits per heavy atom. The highest BCUT2D eigenvalue weighted by Crippen LogP contribution is 2.21. The second-order valence-corrected chi connectivity index (χ2v) is 3.74. The molecule has 0 heterocycles. The first-order valence-corrected chi connectivity index (χ1v) is 5.43. The van der Waals surface area contributed by atoms with Crippen molar-refractivity contribution < 1.29 is 0 Å². The van der Waals surface area contributed by atoms with Crippen molar-refractivity contribution in [3.05, 3.63) is 66.2 Å². The van der Waals surface area contributed by atoms with Crippen LogP contribution in [0.3, 0.4) is 0 Å². The molecule has 2 aromatic carbocycles. The van der Waals surface area contributed by atoms with E-state index in [1.54, 1.807) is 6.08 Å². The third-order valence-corrected chi connectivity index (χ3v) is 2.57. The van der Waals surface area contributed by atoms with Gasteiger partial charge in [0.05, 0.1) is 0 Å². The molecule has 0 spiro atoms. The molecule has 0 aliphatic heterocycles. The second kappa shape index (κ2) is 5.12. The molecule has 0 saturated heterocycles. The maximum absolute atomic E-state index is 7.02. The van der Waals surface area contributed by atoms with Crippen molar-refractivity contribution in [1.82, 2.24) is 0 Å². The fourth-order valence-electron chi connectivity index (χ4n) is 1.69. The van der Waals surface area contributed by atoms with Gasteiger partial charge in [0.15, 0.2) is 0 Å². The minimum absolute atomic E-state index is 0.609. The van der Waals surface area contributed by atoms with Crippen LogP contribution in [0, 0.1) is 5.41 Å². The van der Waals surface area contributed by atoms with Crippen LogP contribution in [0.2, 0.25) is 0 Å². The number of nitrogens with one attached hydrogen (secondary N) is 1. The molecule has 2 nitrogen and oxygen atoms in total. The van der Waals surface area contributed by atoms with E-state index in [1.165, 1.54) is 6.21 Å². The molecule has 0 bridgehead atoms. The van der Waals surface area contributed by atoms with Crippen LogP contribution in [0.15, 0.2) is 60.7 Å². The molecular weight excluding hydrogens is 208 g/mol. The van der Waals surface area contributed by atoms with Gasteiger partial charge in [-0.25, -0.2) is 0 Å². The molecular formula is C15H14N2. The van der Waals surface area contributed by atoms with Crippen molar-refractivity contribution in [1.29, 1.82) is 5.41 Å². The number of allylic oxidation sites excluding steroid dienone is 1. The molecule has 0 fully saturated rings. The minimum Gasteiger partial charge on any atom is -0.398 e. The summed E-state index contributed by atoms with van der Waals surface area (Å²) in [5, 5.41) is 7.02. The summed E-state index contributed by atoms with van der Waals surface area (Å²) in [5.41, 5.74) is 9.70. The first-order chi connectivity index (χ1) is 8.31. The minimum atomic E-state index is 0.609. The lowest BCUT2D eigenvalue weighted by molar-refractivity contribution is 1.50. The smallest absolute Gasteiger partial charge is 0.0403 e. The van der Waals surface area contributed by atoms with E-state index in [1.807, 2.05) is 36.4 Å². The van der Waals surface area contributed by atoms with Crippen molar-refractivity contribution >= 4 is 11.9 Å². The number of benzene rings is 2. The van der Waals surface area contributed by atoms with Gasteiger partial charge in [-0.3, -0.25) is 0 Å². The first kappa shape index (κ1) is 11.1. The van der Waals surface area contributed by atoms with Gasteiger partial charge in [-0.1, -0.05) is 48.5 Å². The molecule has 17 heavy (non-hydrogen) atoms. The lowest BCUT2D eigenvalue weighted by Gasteiger charge is -2.05. The van der Waals surface area contributed by atoms with E-state index in [9.17, 15) is 0 Å². The lowest BCUT2D eigenvalue weighted by Crippen LogP contribution is -1.96. The summed E-state index contributed by atoms with van der Waals surface area (Å²) in [5.74, 6) is 0. The highest BCUT2D eigenvalue weighted by molar-refractivity contribution is 5.82. The summed E-state index contributed by atoms with van der Waals surface area (Å²) >= 11 is 0. The van der Waals surface area contributed by atoms with E-state index >= 15 is 0 Å². The molecule has 0 amide bonds. The summed E-state index contributed by atoms with van der Waals surface area (Å²) in [6, 6.07) is 18.2. The highest BCUT2D eigenvalue weighted by atomic mass is 14.6. The average molecular weight is 222 g/mol. The third-order valence-electron chi connectivity index (χ3n) is 2.57. The Bertz CT molecular complexity index is 542. The summed E-state index contributed by atoms with van der Waals surface area (Å²) in [4.78, 5) is 0. The van der Waals surface area contributed by atoms with E-state index in [-0.39, 0.29) is 0 Å². The number of hydrogen-bond acceptors (Lipinski definition) is 2. The first-order valence-electron chi connectivity index (χ1n) is 5.43. The Balaban J connectivity index is 2.42.